The molecule has 0 aliphatic carbocycles. The van der Waals surface area contributed by atoms with Crippen molar-refractivity contribution in [3.8, 4) is 0 Å². The minimum absolute atomic E-state index is 0.0198. The molecule has 1 aliphatic heterocycles. The Labute approximate surface area is 125 Å². The van der Waals surface area contributed by atoms with Crippen LogP contribution in [0.3, 0.4) is 0 Å². The molecule has 2 rings (SSSR count). The van der Waals surface area contributed by atoms with Crippen LogP contribution in [0, 0.1) is 5.92 Å². The van der Waals surface area contributed by atoms with E-state index >= 15 is 0 Å². The van der Waals surface area contributed by atoms with Gasteiger partial charge in [-0.1, -0.05) is 31.2 Å². The second kappa shape index (κ2) is 6.72. The summed E-state index contributed by atoms with van der Waals surface area (Å²) in [5.41, 5.74) is 13.2. The molecule has 0 saturated heterocycles. The van der Waals surface area contributed by atoms with Crippen molar-refractivity contribution in [1.82, 2.24) is 4.90 Å². The molecule has 5 heteroatoms. The first-order valence-electron chi connectivity index (χ1n) is 7.38. The van der Waals surface area contributed by atoms with Gasteiger partial charge in [0, 0.05) is 19.4 Å². The normalized spacial score (nSPS) is 19.0. The van der Waals surface area contributed by atoms with E-state index in [1.54, 1.807) is 4.90 Å². The maximum Gasteiger partial charge on any atom is 0.240 e. The molecule has 0 saturated carbocycles. The quantitative estimate of drug-likeness (QED) is 0.840. The standard InChI is InChI=1S/C16H23N3O2/c1-11(9-17)6-7-15(20)19-10-13-5-3-2-4-12(13)8-14(19)16(18)21/h2-5,11,14H,6-10,17H2,1H3,(H2,18,21)/t11?,14-/m0/s1. The van der Waals surface area contributed by atoms with Gasteiger partial charge in [0.25, 0.3) is 0 Å². The lowest BCUT2D eigenvalue weighted by Crippen LogP contribution is -2.51. The predicted octanol–water partition coefficient (Wildman–Crippen LogP) is 0.800. The molecule has 1 aromatic rings. The summed E-state index contributed by atoms with van der Waals surface area (Å²) in [7, 11) is 0. The Hall–Kier alpha value is -1.88. The van der Waals surface area contributed by atoms with Crippen molar-refractivity contribution in [2.45, 2.75) is 38.8 Å². The van der Waals surface area contributed by atoms with Crippen molar-refractivity contribution < 1.29 is 9.59 Å². The van der Waals surface area contributed by atoms with Crippen LogP contribution in [-0.4, -0.2) is 29.3 Å². The monoisotopic (exact) mass is 289 g/mol. The first kappa shape index (κ1) is 15.5. The number of rotatable bonds is 5. The van der Waals surface area contributed by atoms with E-state index in [1.807, 2.05) is 31.2 Å². The molecular formula is C16H23N3O2. The minimum Gasteiger partial charge on any atom is -0.368 e. The molecule has 4 N–H and O–H groups in total. The molecule has 5 nitrogen and oxygen atoms in total. The van der Waals surface area contributed by atoms with Gasteiger partial charge in [0.1, 0.15) is 6.04 Å². The van der Waals surface area contributed by atoms with E-state index in [0.717, 1.165) is 17.5 Å². The number of primary amides is 1. The number of carbonyl (C=O) groups is 2. The second-order valence-electron chi connectivity index (χ2n) is 5.79. The minimum atomic E-state index is -0.541. The van der Waals surface area contributed by atoms with Gasteiger partial charge in [-0.3, -0.25) is 9.59 Å². The maximum absolute atomic E-state index is 12.4. The maximum atomic E-state index is 12.4. The van der Waals surface area contributed by atoms with E-state index in [-0.39, 0.29) is 5.91 Å². The lowest BCUT2D eigenvalue weighted by atomic mass is 9.93. The highest BCUT2D eigenvalue weighted by Crippen LogP contribution is 2.24. The summed E-state index contributed by atoms with van der Waals surface area (Å²) in [5.74, 6) is -0.156. The summed E-state index contributed by atoms with van der Waals surface area (Å²) in [4.78, 5) is 25.7. The number of amides is 2. The van der Waals surface area contributed by atoms with Crippen LogP contribution in [0.25, 0.3) is 0 Å². The Morgan fingerprint density at radius 1 is 1.33 bits per heavy atom. The fourth-order valence-corrected chi connectivity index (χ4v) is 2.67. The first-order chi connectivity index (χ1) is 10.0. The van der Waals surface area contributed by atoms with E-state index in [0.29, 0.717) is 31.8 Å². The third-order valence-electron chi connectivity index (χ3n) is 4.15. The summed E-state index contributed by atoms with van der Waals surface area (Å²) in [6.45, 7) is 3.04. The van der Waals surface area contributed by atoms with Crippen molar-refractivity contribution in [3.63, 3.8) is 0 Å². The molecule has 0 fully saturated rings. The Morgan fingerprint density at radius 2 is 2.00 bits per heavy atom. The van der Waals surface area contributed by atoms with E-state index in [9.17, 15) is 9.59 Å². The third-order valence-corrected chi connectivity index (χ3v) is 4.15. The van der Waals surface area contributed by atoms with E-state index in [4.69, 9.17) is 11.5 Å². The van der Waals surface area contributed by atoms with Crippen LogP contribution in [-0.2, 0) is 22.6 Å². The van der Waals surface area contributed by atoms with Crippen LogP contribution in [0.1, 0.15) is 30.9 Å². The highest BCUT2D eigenvalue weighted by atomic mass is 16.2. The molecule has 2 atom stereocenters. The second-order valence-corrected chi connectivity index (χ2v) is 5.79. The van der Waals surface area contributed by atoms with Crippen LogP contribution in [0.2, 0.25) is 0 Å². The average Bonchev–Trinajstić information content (AvgIpc) is 2.50. The van der Waals surface area contributed by atoms with Crippen molar-refractivity contribution >= 4 is 11.8 Å². The zero-order valence-corrected chi connectivity index (χ0v) is 12.4. The zero-order chi connectivity index (χ0) is 15.4. The molecule has 2 amide bonds. The lowest BCUT2D eigenvalue weighted by Gasteiger charge is -2.35. The van der Waals surface area contributed by atoms with Gasteiger partial charge >= 0.3 is 0 Å². The van der Waals surface area contributed by atoms with Crippen LogP contribution in [0.15, 0.2) is 24.3 Å². The van der Waals surface area contributed by atoms with Gasteiger partial charge < -0.3 is 16.4 Å². The highest BCUT2D eigenvalue weighted by molar-refractivity contribution is 5.87. The zero-order valence-electron chi connectivity index (χ0n) is 12.4. The highest BCUT2D eigenvalue weighted by Gasteiger charge is 2.32. The number of hydrogen-bond acceptors (Lipinski definition) is 3. The third kappa shape index (κ3) is 3.61. The van der Waals surface area contributed by atoms with Gasteiger partial charge in [0.05, 0.1) is 0 Å². The molecule has 1 unspecified atom stereocenters. The topological polar surface area (TPSA) is 89.4 Å². The molecule has 1 heterocycles. The van der Waals surface area contributed by atoms with E-state index < -0.39 is 11.9 Å². The number of fused-ring (bicyclic) bond motifs is 1. The molecule has 0 bridgehead atoms. The SMILES string of the molecule is CC(CN)CCC(=O)N1Cc2ccccc2C[C@H]1C(N)=O. The fraction of sp³-hybridized carbons (Fsp3) is 0.500. The molecule has 114 valence electrons. The van der Waals surface area contributed by atoms with E-state index in [2.05, 4.69) is 0 Å². The molecule has 1 aliphatic rings. The number of nitrogens with zero attached hydrogens (tertiary/aromatic N) is 1. The van der Waals surface area contributed by atoms with Crippen LogP contribution in [0.5, 0.6) is 0 Å². The van der Waals surface area contributed by atoms with Gasteiger partial charge in [-0.2, -0.15) is 0 Å². The van der Waals surface area contributed by atoms with Crippen molar-refractivity contribution in [1.29, 1.82) is 0 Å². The van der Waals surface area contributed by atoms with Crippen LogP contribution in [0.4, 0.5) is 0 Å². The van der Waals surface area contributed by atoms with Crippen molar-refractivity contribution in [2.24, 2.45) is 17.4 Å². The molecular weight excluding hydrogens is 266 g/mol. The molecule has 1 aromatic carbocycles. The summed E-state index contributed by atoms with van der Waals surface area (Å²) in [5, 5.41) is 0. The Balaban J connectivity index is 2.13. The van der Waals surface area contributed by atoms with Gasteiger partial charge in [-0.25, -0.2) is 0 Å². The molecule has 0 radical (unpaired) electrons. The van der Waals surface area contributed by atoms with Gasteiger partial charge in [-0.15, -0.1) is 0 Å². The van der Waals surface area contributed by atoms with Gasteiger partial charge in [0.15, 0.2) is 0 Å². The molecule has 21 heavy (non-hydrogen) atoms. The summed E-state index contributed by atoms with van der Waals surface area (Å²) < 4.78 is 0. The first-order valence-corrected chi connectivity index (χ1v) is 7.38. The summed E-state index contributed by atoms with van der Waals surface area (Å²) in [6.07, 6.45) is 1.65. The Kier molecular flexibility index (Phi) is 4.96. The lowest BCUT2D eigenvalue weighted by molar-refractivity contribution is -0.140. The van der Waals surface area contributed by atoms with Crippen molar-refractivity contribution in [3.05, 3.63) is 35.4 Å². The smallest absolute Gasteiger partial charge is 0.240 e. The Bertz CT molecular complexity index is 530. The average molecular weight is 289 g/mol. The van der Waals surface area contributed by atoms with Gasteiger partial charge in [-0.05, 0) is 30.0 Å². The van der Waals surface area contributed by atoms with Crippen LogP contribution < -0.4 is 11.5 Å². The number of benzene rings is 1. The predicted molar refractivity (Wildman–Crippen MR) is 81.1 cm³/mol. The summed E-state index contributed by atoms with van der Waals surface area (Å²) in [6, 6.07) is 7.33. The van der Waals surface area contributed by atoms with Crippen molar-refractivity contribution in [2.75, 3.05) is 6.54 Å². The number of hydrogen-bond donors (Lipinski definition) is 2. The van der Waals surface area contributed by atoms with Gasteiger partial charge in [0.2, 0.25) is 11.8 Å². The van der Waals surface area contributed by atoms with Crippen LogP contribution >= 0.6 is 0 Å². The molecule has 0 spiro atoms. The fourth-order valence-electron chi connectivity index (χ4n) is 2.67. The summed E-state index contributed by atoms with van der Waals surface area (Å²) >= 11 is 0. The van der Waals surface area contributed by atoms with E-state index in [1.165, 1.54) is 0 Å². The Morgan fingerprint density at radius 3 is 2.62 bits per heavy atom. The largest absolute Gasteiger partial charge is 0.368 e. The molecule has 0 aromatic heterocycles. The number of carbonyl (C=O) groups excluding carboxylic acids is 2. The number of nitrogens with two attached hydrogens (primary N) is 2.